The number of fused-ring (bicyclic) bond motifs is 1. The number of hydrogen-bond acceptors (Lipinski definition) is 4. The number of carbonyl (C=O) groups excluding carboxylic acids is 1. The molecule has 0 spiro atoms. The second-order valence-electron chi connectivity index (χ2n) is 6.35. The lowest BCUT2D eigenvalue weighted by Gasteiger charge is -2.18. The highest BCUT2D eigenvalue weighted by Crippen LogP contribution is 2.26. The number of aliphatic imine (C=N–C) groups is 1. The van der Waals surface area contributed by atoms with Gasteiger partial charge >= 0.3 is 0 Å². The van der Waals surface area contributed by atoms with Crippen molar-refractivity contribution in [3.63, 3.8) is 0 Å². The molecule has 2 aromatic rings. The van der Waals surface area contributed by atoms with Crippen molar-refractivity contribution < 1.29 is 9.53 Å². The molecule has 0 saturated carbocycles. The average molecular weight is 514 g/mol. The zero-order valence-electron chi connectivity index (χ0n) is 16.2. The molecule has 0 radical (unpaired) electrons. The molecule has 3 rings (SSSR count). The predicted molar refractivity (Wildman–Crippen MR) is 126 cm³/mol. The minimum atomic E-state index is 0. The third-order valence-electron chi connectivity index (χ3n) is 4.17. The first-order valence-corrected chi connectivity index (χ1v) is 10.1. The van der Waals surface area contributed by atoms with Gasteiger partial charge in [-0.3, -0.25) is 4.79 Å². The maximum Gasteiger partial charge on any atom is 0.224 e. The van der Waals surface area contributed by atoms with Crippen LogP contribution >= 0.6 is 35.3 Å². The number of ether oxygens (including phenoxy) is 1. The van der Waals surface area contributed by atoms with Crippen LogP contribution in [0.5, 0.6) is 5.75 Å². The van der Waals surface area contributed by atoms with E-state index in [0.29, 0.717) is 26.1 Å². The molecule has 1 amide bonds. The third kappa shape index (κ3) is 6.66. The number of rotatable bonds is 7. The highest BCUT2D eigenvalue weighted by Gasteiger charge is 2.14. The first-order chi connectivity index (χ1) is 13.1. The fourth-order valence-electron chi connectivity index (χ4n) is 2.86. The van der Waals surface area contributed by atoms with Gasteiger partial charge in [-0.25, -0.2) is 4.99 Å². The van der Waals surface area contributed by atoms with Gasteiger partial charge in [-0.05, 0) is 56.2 Å². The molecule has 0 saturated heterocycles. The van der Waals surface area contributed by atoms with Gasteiger partial charge in [-0.2, -0.15) is 0 Å². The van der Waals surface area contributed by atoms with Crippen LogP contribution in [-0.2, 0) is 17.8 Å². The average Bonchev–Trinajstić information content (AvgIpc) is 3.08. The third-order valence-corrected chi connectivity index (χ3v) is 5.15. The maximum absolute atomic E-state index is 11.4. The summed E-state index contributed by atoms with van der Waals surface area (Å²) < 4.78 is 5.84. The number of thiophene rings is 1. The molecule has 0 atom stereocenters. The van der Waals surface area contributed by atoms with Gasteiger partial charge in [0, 0.05) is 28.4 Å². The molecular weight excluding hydrogens is 487 g/mol. The molecule has 0 aliphatic carbocycles. The van der Waals surface area contributed by atoms with Crippen LogP contribution in [0.25, 0.3) is 0 Å². The molecule has 1 aliphatic rings. The molecule has 28 heavy (non-hydrogen) atoms. The van der Waals surface area contributed by atoms with Crippen molar-refractivity contribution in [2.45, 2.75) is 33.2 Å². The summed E-state index contributed by atoms with van der Waals surface area (Å²) in [5.74, 6) is 1.69. The molecule has 1 aliphatic heterocycles. The Labute approximate surface area is 187 Å². The van der Waals surface area contributed by atoms with Crippen molar-refractivity contribution >= 4 is 52.9 Å². The number of hydrogen-bond donors (Lipinski definition) is 3. The first-order valence-electron chi connectivity index (χ1n) is 9.27. The van der Waals surface area contributed by atoms with Gasteiger partial charge in [0.15, 0.2) is 5.96 Å². The molecule has 6 nitrogen and oxygen atoms in total. The van der Waals surface area contributed by atoms with Gasteiger partial charge < -0.3 is 20.7 Å². The highest BCUT2D eigenvalue weighted by atomic mass is 127. The minimum absolute atomic E-state index is 0. The van der Waals surface area contributed by atoms with Crippen molar-refractivity contribution in [3.8, 4) is 5.75 Å². The van der Waals surface area contributed by atoms with Gasteiger partial charge in [-0.15, -0.1) is 35.3 Å². The number of amides is 1. The Hall–Kier alpha value is -1.81. The Balaban J connectivity index is 0.00000280. The Morgan fingerprint density at radius 1 is 1.25 bits per heavy atom. The van der Waals surface area contributed by atoms with E-state index in [1.165, 1.54) is 9.75 Å². The van der Waals surface area contributed by atoms with Crippen LogP contribution in [-0.4, -0.2) is 31.6 Å². The number of anilines is 1. The molecule has 0 fully saturated rings. The van der Waals surface area contributed by atoms with E-state index in [0.717, 1.165) is 35.9 Å². The van der Waals surface area contributed by atoms with Crippen molar-refractivity contribution in [1.82, 2.24) is 10.6 Å². The first kappa shape index (κ1) is 22.5. The summed E-state index contributed by atoms with van der Waals surface area (Å²) in [5.41, 5.74) is 2.02. The van der Waals surface area contributed by atoms with Crippen molar-refractivity contribution in [3.05, 3.63) is 45.6 Å². The zero-order chi connectivity index (χ0) is 19.1. The van der Waals surface area contributed by atoms with E-state index in [1.807, 2.05) is 18.2 Å². The molecule has 1 aromatic carbocycles. The Kier molecular flexibility index (Phi) is 9.04. The van der Waals surface area contributed by atoms with Crippen LogP contribution in [0.3, 0.4) is 0 Å². The number of aryl methyl sites for hydroxylation is 2. The fourth-order valence-corrected chi connectivity index (χ4v) is 3.67. The van der Waals surface area contributed by atoms with E-state index in [-0.39, 0.29) is 29.9 Å². The van der Waals surface area contributed by atoms with Crippen LogP contribution in [0.1, 0.15) is 28.7 Å². The van der Waals surface area contributed by atoms with E-state index >= 15 is 0 Å². The SMILES string of the molecule is CCNC(=NCc1ccc(C)s1)NCCOc1ccc2c(c1)CCC(=O)N2.I. The van der Waals surface area contributed by atoms with E-state index < -0.39 is 0 Å². The summed E-state index contributed by atoms with van der Waals surface area (Å²) in [5, 5.41) is 9.43. The lowest BCUT2D eigenvalue weighted by molar-refractivity contribution is -0.116. The lowest BCUT2D eigenvalue weighted by atomic mass is 10.0. The van der Waals surface area contributed by atoms with Crippen molar-refractivity contribution in [2.24, 2.45) is 4.99 Å². The number of carbonyl (C=O) groups is 1. The number of benzene rings is 1. The van der Waals surface area contributed by atoms with Gasteiger partial charge in [-0.1, -0.05) is 0 Å². The molecular formula is C20H27IN4O2S. The Bertz CT molecular complexity index is 822. The summed E-state index contributed by atoms with van der Waals surface area (Å²) in [6, 6.07) is 10.0. The molecule has 3 N–H and O–H groups in total. The maximum atomic E-state index is 11.4. The van der Waals surface area contributed by atoms with Gasteiger partial charge in [0.25, 0.3) is 0 Å². The summed E-state index contributed by atoms with van der Waals surface area (Å²) in [4.78, 5) is 18.6. The summed E-state index contributed by atoms with van der Waals surface area (Å²) >= 11 is 1.77. The summed E-state index contributed by atoms with van der Waals surface area (Å²) in [6.07, 6.45) is 1.29. The van der Waals surface area contributed by atoms with Crippen LogP contribution in [0.2, 0.25) is 0 Å². The van der Waals surface area contributed by atoms with Crippen LogP contribution in [0, 0.1) is 6.92 Å². The minimum Gasteiger partial charge on any atom is -0.492 e. The molecule has 0 bridgehead atoms. The van der Waals surface area contributed by atoms with Crippen molar-refractivity contribution in [1.29, 1.82) is 0 Å². The largest absolute Gasteiger partial charge is 0.492 e. The smallest absolute Gasteiger partial charge is 0.224 e. The second kappa shape index (κ2) is 11.3. The van der Waals surface area contributed by atoms with Gasteiger partial charge in [0.05, 0.1) is 13.1 Å². The lowest BCUT2D eigenvalue weighted by Crippen LogP contribution is -2.39. The molecule has 2 heterocycles. The van der Waals surface area contributed by atoms with E-state index in [1.54, 1.807) is 11.3 Å². The molecule has 152 valence electrons. The standard InChI is InChI=1S/C20H26N4O2S.HI/c1-3-21-20(23-13-17-7-4-14(2)27-17)22-10-11-26-16-6-8-18-15(12-16)5-9-19(25)24-18;/h4,6-8,12H,3,5,9-11,13H2,1-2H3,(H,24,25)(H2,21,22,23);1H. The quantitative estimate of drug-likeness (QED) is 0.228. The Morgan fingerprint density at radius 2 is 2.11 bits per heavy atom. The van der Waals surface area contributed by atoms with E-state index in [4.69, 9.17) is 4.74 Å². The summed E-state index contributed by atoms with van der Waals surface area (Å²) in [7, 11) is 0. The number of halogens is 1. The van der Waals surface area contributed by atoms with Crippen molar-refractivity contribution in [2.75, 3.05) is 25.0 Å². The highest BCUT2D eigenvalue weighted by molar-refractivity contribution is 14.0. The van der Waals surface area contributed by atoms with Gasteiger partial charge in [0.1, 0.15) is 12.4 Å². The van der Waals surface area contributed by atoms with E-state index in [2.05, 4.69) is 46.9 Å². The predicted octanol–water partition coefficient (Wildman–Crippen LogP) is 3.69. The zero-order valence-corrected chi connectivity index (χ0v) is 19.4. The fraction of sp³-hybridized carbons (Fsp3) is 0.400. The van der Waals surface area contributed by atoms with Crippen LogP contribution in [0.4, 0.5) is 5.69 Å². The molecule has 1 aromatic heterocycles. The second-order valence-corrected chi connectivity index (χ2v) is 7.72. The molecule has 0 unspecified atom stereocenters. The number of nitrogens with zero attached hydrogens (tertiary/aromatic N) is 1. The monoisotopic (exact) mass is 514 g/mol. The summed E-state index contributed by atoms with van der Waals surface area (Å²) in [6.45, 7) is 6.83. The molecule has 8 heteroatoms. The number of nitrogens with one attached hydrogen (secondary N) is 3. The van der Waals surface area contributed by atoms with E-state index in [9.17, 15) is 4.79 Å². The normalized spacial score (nSPS) is 13.2. The van der Waals surface area contributed by atoms with Crippen LogP contribution in [0.15, 0.2) is 35.3 Å². The van der Waals surface area contributed by atoms with Crippen LogP contribution < -0.4 is 20.7 Å². The number of guanidine groups is 1. The van der Waals surface area contributed by atoms with Gasteiger partial charge in [0.2, 0.25) is 5.91 Å². The topological polar surface area (TPSA) is 74.8 Å². The Morgan fingerprint density at radius 3 is 2.86 bits per heavy atom.